The fourth-order valence-electron chi connectivity index (χ4n) is 3.42. The summed E-state index contributed by atoms with van der Waals surface area (Å²) in [7, 11) is 0. The van der Waals surface area contributed by atoms with Crippen LogP contribution in [-0.2, 0) is 6.54 Å². The van der Waals surface area contributed by atoms with Gasteiger partial charge < -0.3 is 14.6 Å². The van der Waals surface area contributed by atoms with E-state index in [0.29, 0.717) is 6.04 Å². The molecule has 0 spiro atoms. The first kappa shape index (κ1) is 15.8. The Bertz CT molecular complexity index is 858. The van der Waals surface area contributed by atoms with Crippen LogP contribution in [0.25, 0.3) is 5.52 Å². The van der Waals surface area contributed by atoms with Crippen LogP contribution in [0.1, 0.15) is 28.8 Å². The molecule has 0 aliphatic carbocycles. The van der Waals surface area contributed by atoms with Crippen molar-refractivity contribution >= 4 is 11.4 Å². The van der Waals surface area contributed by atoms with E-state index >= 15 is 0 Å². The molecule has 0 saturated carbocycles. The lowest BCUT2D eigenvalue weighted by Crippen LogP contribution is -2.47. The smallest absolute Gasteiger partial charge is 0.254 e. The number of amides is 1. The molecule has 1 N–H and O–H groups in total. The number of rotatable bonds is 4. The first-order chi connectivity index (χ1) is 12.3. The SMILES string of the molecule is O=C(c1ccn2cncc2c1)N1CCC[C@@H](NCc2ccccc2)C1. The number of imidazole rings is 1. The van der Waals surface area contributed by atoms with Crippen molar-refractivity contribution in [2.75, 3.05) is 13.1 Å². The van der Waals surface area contributed by atoms with Crippen LogP contribution in [0.5, 0.6) is 0 Å². The number of carbonyl (C=O) groups is 1. The first-order valence-corrected chi connectivity index (χ1v) is 8.78. The molecule has 25 heavy (non-hydrogen) atoms. The van der Waals surface area contributed by atoms with E-state index in [-0.39, 0.29) is 5.91 Å². The zero-order chi connectivity index (χ0) is 17.1. The van der Waals surface area contributed by atoms with Crippen molar-refractivity contribution in [2.24, 2.45) is 0 Å². The molecular formula is C20H22N4O. The van der Waals surface area contributed by atoms with Crippen LogP contribution in [0.2, 0.25) is 0 Å². The second-order valence-corrected chi connectivity index (χ2v) is 6.60. The maximum absolute atomic E-state index is 12.9. The molecule has 1 aromatic carbocycles. The van der Waals surface area contributed by atoms with Crippen molar-refractivity contribution in [1.29, 1.82) is 0 Å². The van der Waals surface area contributed by atoms with Gasteiger partial charge in [-0.1, -0.05) is 30.3 Å². The number of nitrogens with one attached hydrogen (secondary N) is 1. The van der Waals surface area contributed by atoms with Gasteiger partial charge in [0.1, 0.15) is 0 Å². The van der Waals surface area contributed by atoms with Crippen molar-refractivity contribution in [3.8, 4) is 0 Å². The first-order valence-electron chi connectivity index (χ1n) is 8.78. The molecule has 1 fully saturated rings. The number of benzene rings is 1. The Hall–Kier alpha value is -2.66. The van der Waals surface area contributed by atoms with Crippen molar-refractivity contribution in [1.82, 2.24) is 19.6 Å². The van der Waals surface area contributed by atoms with E-state index in [1.165, 1.54) is 5.56 Å². The summed E-state index contributed by atoms with van der Waals surface area (Å²) in [4.78, 5) is 18.9. The Kier molecular flexibility index (Phi) is 4.48. The quantitative estimate of drug-likeness (QED) is 0.798. The van der Waals surface area contributed by atoms with Crippen molar-refractivity contribution in [2.45, 2.75) is 25.4 Å². The molecule has 1 aliphatic heterocycles. The van der Waals surface area contributed by atoms with Gasteiger partial charge in [0.2, 0.25) is 0 Å². The molecule has 1 atom stereocenters. The molecule has 0 radical (unpaired) electrons. The molecule has 4 rings (SSSR count). The van der Waals surface area contributed by atoms with Crippen LogP contribution in [-0.4, -0.2) is 39.3 Å². The van der Waals surface area contributed by atoms with Crippen molar-refractivity contribution in [3.05, 3.63) is 72.3 Å². The molecular weight excluding hydrogens is 312 g/mol. The van der Waals surface area contributed by atoms with E-state index < -0.39 is 0 Å². The number of likely N-dealkylation sites (tertiary alicyclic amines) is 1. The fourth-order valence-corrected chi connectivity index (χ4v) is 3.42. The van der Waals surface area contributed by atoms with Crippen LogP contribution in [0.3, 0.4) is 0 Å². The highest BCUT2D eigenvalue weighted by atomic mass is 16.2. The Morgan fingerprint density at radius 2 is 2.12 bits per heavy atom. The van der Waals surface area contributed by atoms with Gasteiger partial charge in [0.15, 0.2) is 0 Å². The third kappa shape index (κ3) is 3.56. The monoisotopic (exact) mass is 334 g/mol. The average molecular weight is 334 g/mol. The van der Waals surface area contributed by atoms with E-state index in [0.717, 1.165) is 43.6 Å². The molecule has 0 bridgehead atoms. The minimum absolute atomic E-state index is 0.106. The van der Waals surface area contributed by atoms with Gasteiger partial charge in [-0.2, -0.15) is 0 Å². The molecule has 5 nitrogen and oxygen atoms in total. The van der Waals surface area contributed by atoms with Gasteiger partial charge >= 0.3 is 0 Å². The topological polar surface area (TPSA) is 49.6 Å². The highest BCUT2D eigenvalue weighted by molar-refractivity contribution is 5.95. The number of nitrogens with zero attached hydrogens (tertiary/aromatic N) is 3. The molecule has 1 saturated heterocycles. The standard InChI is InChI=1S/C20H22N4O/c25-20(17-8-10-24-15-21-13-19(24)11-17)23-9-4-7-18(14-23)22-12-16-5-2-1-3-6-16/h1-3,5-6,8,10-11,13,15,18,22H,4,7,9,12,14H2/t18-/m1/s1. The maximum atomic E-state index is 12.9. The molecule has 128 valence electrons. The van der Waals surface area contributed by atoms with E-state index in [1.54, 1.807) is 12.5 Å². The van der Waals surface area contributed by atoms with Gasteiger partial charge in [0.25, 0.3) is 5.91 Å². The number of fused-ring (bicyclic) bond motifs is 1. The lowest BCUT2D eigenvalue weighted by molar-refractivity contribution is 0.0694. The second kappa shape index (κ2) is 7.07. The number of hydrogen-bond acceptors (Lipinski definition) is 3. The molecule has 3 aromatic rings. The van der Waals surface area contributed by atoms with Crippen LogP contribution in [0.4, 0.5) is 0 Å². The summed E-state index contributed by atoms with van der Waals surface area (Å²) in [6.45, 7) is 2.43. The average Bonchev–Trinajstić information content (AvgIpc) is 3.14. The van der Waals surface area contributed by atoms with E-state index in [1.807, 2.05) is 33.7 Å². The number of aromatic nitrogens is 2. The Labute approximate surface area is 147 Å². The van der Waals surface area contributed by atoms with Gasteiger partial charge in [0.05, 0.1) is 18.0 Å². The number of carbonyl (C=O) groups excluding carboxylic acids is 1. The third-order valence-electron chi connectivity index (χ3n) is 4.81. The van der Waals surface area contributed by atoms with E-state index in [4.69, 9.17) is 0 Å². The number of pyridine rings is 1. The van der Waals surface area contributed by atoms with Gasteiger partial charge in [-0.3, -0.25) is 4.79 Å². The van der Waals surface area contributed by atoms with Crippen LogP contribution >= 0.6 is 0 Å². The maximum Gasteiger partial charge on any atom is 0.254 e. The zero-order valence-electron chi connectivity index (χ0n) is 14.1. The summed E-state index contributed by atoms with van der Waals surface area (Å²) in [5, 5.41) is 3.59. The highest BCUT2D eigenvalue weighted by Crippen LogP contribution is 2.16. The second-order valence-electron chi connectivity index (χ2n) is 6.60. The van der Waals surface area contributed by atoms with Gasteiger partial charge in [-0.05, 0) is 30.5 Å². The summed E-state index contributed by atoms with van der Waals surface area (Å²) >= 11 is 0. The van der Waals surface area contributed by atoms with Crippen LogP contribution < -0.4 is 5.32 Å². The summed E-state index contributed by atoms with van der Waals surface area (Å²) < 4.78 is 1.91. The van der Waals surface area contributed by atoms with Gasteiger partial charge in [0, 0.05) is 37.4 Å². The zero-order valence-corrected chi connectivity index (χ0v) is 14.1. The van der Waals surface area contributed by atoms with Crippen molar-refractivity contribution in [3.63, 3.8) is 0 Å². The molecule has 1 aliphatic rings. The Morgan fingerprint density at radius 1 is 1.24 bits per heavy atom. The Morgan fingerprint density at radius 3 is 3.00 bits per heavy atom. The summed E-state index contributed by atoms with van der Waals surface area (Å²) in [6, 6.07) is 14.5. The van der Waals surface area contributed by atoms with E-state index in [2.05, 4.69) is 34.6 Å². The molecule has 1 amide bonds. The number of piperidine rings is 1. The third-order valence-corrected chi connectivity index (χ3v) is 4.81. The molecule has 5 heteroatoms. The van der Waals surface area contributed by atoms with E-state index in [9.17, 15) is 4.79 Å². The van der Waals surface area contributed by atoms with Crippen LogP contribution in [0.15, 0.2) is 61.2 Å². The summed E-state index contributed by atoms with van der Waals surface area (Å²) in [5.41, 5.74) is 2.95. The minimum atomic E-state index is 0.106. The largest absolute Gasteiger partial charge is 0.337 e. The molecule has 0 unspecified atom stereocenters. The fraction of sp³-hybridized carbons (Fsp3) is 0.300. The summed E-state index contributed by atoms with van der Waals surface area (Å²) in [5.74, 6) is 0.106. The Balaban J connectivity index is 1.40. The molecule has 3 heterocycles. The number of hydrogen-bond donors (Lipinski definition) is 1. The minimum Gasteiger partial charge on any atom is -0.337 e. The predicted octanol–water partition coefficient (Wildman–Crippen LogP) is 2.73. The normalized spacial score (nSPS) is 17.8. The summed E-state index contributed by atoms with van der Waals surface area (Å²) in [6.07, 6.45) is 7.56. The lowest BCUT2D eigenvalue weighted by Gasteiger charge is -2.33. The predicted molar refractivity (Wildman–Crippen MR) is 97.4 cm³/mol. The van der Waals surface area contributed by atoms with Gasteiger partial charge in [-0.25, -0.2) is 4.98 Å². The lowest BCUT2D eigenvalue weighted by atomic mass is 10.0. The molecule has 2 aromatic heterocycles. The van der Waals surface area contributed by atoms with Crippen molar-refractivity contribution < 1.29 is 4.79 Å². The highest BCUT2D eigenvalue weighted by Gasteiger charge is 2.24. The van der Waals surface area contributed by atoms with Crippen LogP contribution in [0, 0.1) is 0 Å². The van der Waals surface area contributed by atoms with Gasteiger partial charge in [-0.15, -0.1) is 0 Å².